The van der Waals surface area contributed by atoms with Gasteiger partial charge in [-0.25, -0.2) is 0 Å². The molecule has 0 aromatic carbocycles. The standard InChI is InChI=1S/C76H129NO8/c1-6-8-10-12-14-16-18-20-22-24-26-28-30-32-34-36-37-39-41-43-45-47-49-51-53-55-57-59-61-63-65-67-74(79)85-72(71-84-76(75(80)81)82-69-68-77(3,4)5)70-83-73(78)66-64-62-60-58-56-54-52-50-48-46-44-42-40-38-35-33-31-29-27-25-23-21-19-17-15-13-11-9-7-2/h8,10,14,16,19-22,25-28,32,34,37,39,43,45,49,51,72,76H,6-7,9,11-13,15,17-18,23-24,29-31,33,35-36,38,40-42,44,46-48,50,52-71H2,1-5H3/b10-8-,16-14-,21-19-,22-20-,27-25-,28-26-,34-32-,39-37-,45-43-,51-49-. The van der Waals surface area contributed by atoms with Gasteiger partial charge in [0, 0.05) is 12.8 Å². The van der Waals surface area contributed by atoms with Crippen molar-refractivity contribution >= 4 is 17.9 Å². The molecule has 0 heterocycles. The van der Waals surface area contributed by atoms with Gasteiger partial charge >= 0.3 is 11.9 Å². The number of carboxylic acid groups (broad SMARTS) is 1. The number of rotatable bonds is 63. The quantitative estimate of drug-likeness (QED) is 0.0195. The number of carbonyl (C=O) groups is 3. The molecule has 9 heteroatoms. The van der Waals surface area contributed by atoms with Gasteiger partial charge in [0.1, 0.15) is 13.2 Å². The number of unbranched alkanes of at least 4 members (excludes halogenated alkanes) is 28. The van der Waals surface area contributed by atoms with E-state index >= 15 is 0 Å². The molecule has 0 N–H and O–H groups in total. The molecule has 0 aliphatic heterocycles. The summed E-state index contributed by atoms with van der Waals surface area (Å²) in [5.41, 5.74) is 0. The number of quaternary nitrogens is 1. The first kappa shape index (κ1) is 80.7. The van der Waals surface area contributed by atoms with Crippen LogP contribution in [0.15, 0.2) is 122 Å². The molecule has 2 unspecified atom stereocenters. The predicted molar refractivity (Wildman–Crippen MR) is 361 cm³/mol. The van der Waals surface area contributed by atoms with Gasteiger partial charge in [-0.3, -0.25) is 9.59 Å². The molecule has 0 aliphatic rings. The number of hydrogen-bond donors (Lipinski definition) is 0. The normalized spacial score (nSPS) is 13.5. The van der Waals surface area contributed by atoms with Crippen LogP contribution in [0.2, 0.25) is 0 Å². The van der Waals surface area contributed by atoms with Gasteiger partial charge in [0.15, 0.2) is 12.4 Å². The minimum atomic E-state index is -1.63. The molecule has 0 rings (SSSR count). The highest BCUT2D eigenvalue weighted by molar-refractivity contribution is 5.70. The zero-order chi connectivity index (χ0) is 61.9. The smallest absolute Gasteiger partial charge is 0.306 e. The van der Waals surface area contributed by atoms with Crippen molar-refractivity contribution in [3.63, 3.8) is 0 Å². The van der Waals surface area contributed by atoms with Gasteiger partial charge in [-0.2, -0.15) is 0 Å². The Kier molecular flexibility index (Phi) is 62.3. The summed E-state index contributed by atoms with van der Waals surface area (Å²) < 4.78 is 22.8. The van der Waals surface area contributed by atoms with Crippen LogP contribution in [0.4, 0.5) is 0 Å². The zero-order valence-electron chi connectivity index (χ0n) is 55.4. The lowest BCUT2D eigenvalue weighted by Crippen LogP contribution is -2.44. The monoisotopic (exact) mass is 1180 g/mol. The summed E-state index contributed by atoms with van der Waals surface area (Å²) in [5.74, 6) is -2.30. The average Bonchev–Trinajstić information content (AvgIpc) is 3.49. The summed E-state index contributed by atoms with van der Waals surface area (Å²) in [6.45, 7) is 4.62. The van der Waals surface area contributed by atoms with Crippen LogP contribution in [-0.4, -0.2) is 82.3 Å². The van der Waals surface area contributed by atoms with Crippen molar-refractivity contribution in [2.45, 2.75) is 296 Å². The lowest BCUT2D eigenvalue weighted by atomic mass is 10.0. The number of ether oxygens (including phenoxy) is 4. The first-order valence-electron chi connectivity index (χ1n) is 34.7. The fourth-order valence-electron chi connectivity index (χ4n) is 9.41. The molecule has 0 saturated carbocycles. The summed E-state index contributed by atoms with van der Waals surface area (Å²) in [4.78, 5) is 37.5. The van der Waals surface area contributed by atoms with Crippen LogP contribution < -0.4 is 5.11 Å². The van der Waals surface area contributed by atoms with Crippen LogP contribution in [-0.2, 0) is 33.3 Å². The minimum absolute atomic E-state index is 0.139. The Hall–Kier alpha value is -4.31. The van der Waals surface area contributed by atoms with Crippen molar-refractivity contribution in [1.82, 2.24) is 0 Å². The Balaban J connectivity index is 4.19. The third-order valence-electron chi connectivity index (χ3n) is 14.7. The SMILES string of the molecule is CC/C=C\C/C=C\C/C=C\C/C=C\C/C=C\C/C=C\C/C=C\C/C=C\CCCCCCCCC(=O)OC(COC(=O)CCCCCCCCCCCCCCCCCCC/C=C\C/C=C\CCCCCCC)COC(OCC[N+](C)(C)C)C(=O)[O-]. The van der Waals surface area contributed by atoms with Crippen molar-refractivity contribution < 1.29 is 42.9 Å². The zero-order valence-corrected chi connectivity index (χ0v) is 55.4. The van der Waals surface area contributed by atoms with Gasteiger partial charge in [-0.1, -0.05) is 283 Å². The van der Waals surface area contributed by atoms with Gasteiger partial charge in [-0.15, -0.1) is 0 Å². The Bertz CT molecular complexity index is 1810. The Morgan fingerprint density at radius 1 is 0.365 bits per heavy atom. The number of hydrogen-bond acceptors (Lipinski definition) is 8. The van der Waals surface area contributed by atoms with Crippen molar-refractivity contribution in [2.75, 3.05) is 47.5 Å². The van der Waals surface area contributed by atoms with E-state index in [-0.39, 0.29) is 38.6 Å². The first-order chi connectivity index (χ1) is 41.6. The third kappa shape index (κ3) is 67.1. The molecule has 0 radical (unpaired) electrons. The van der Waals surface area contributed by atoms with E-state index in [2.05, 4.69) is 135 Å². The van der Waals surface area contributed by atoms with Crippen LogP contribution in [0.5, 0.6) is 0 Å². The summed E-state index contributed by atoms with van der Waals surface area (Å²) in [5, 5.41) is 11.8. The van der Waals surface area contributed by atoms with E-state index in [0.717, 1.165) is 116 Å². The molecule has 0 bridgehead atoms. The number of allylic oxidation sites excluding steroid dienone is 20. The minimum Gasteiger partial charge on any atom is -0.545 e. The second kappa shape index (κ2) is 65.7. The molecule has 0 amide bonds. The largest absolute Gasteiger partial charge is 0.545 e. The fraction of sp³-hybridized carbons (Fsp3) is 0.697. The van der Waals surface area contributed by atoms with Crippen molar-refractivity contribution in [3.8, 4) is 0 Å². The maximum atomic E-state index is 12.9. The topological polar surface area (TPSA) is 111 Å². The number of likely N-dealkylation sites (N-methyl/N-ethyl adjacent to an activating group) is 1. The number of carbonyl (C=O) groups excluding carboxylic acids is 3. The number of esters is 2. The summed E-state index contributed by atoms with van der Waals surface area (Å²) in [6, 6.07) is 0. The first-order valence-corrected chi connectivity index (χ1v) is 34.7. The number of aliphatic carboxylic acids is 1. The highest BCUT2D eigenvalue weighted by Gasteiger charge is 2.22. The van der Waals surface area contributed by atoms with Gasteiger partial charge in [0.2, 0.25) is 0 Å². The second-order valence-corrected chi connectivity index (χ2v) is 24.1. The van der Waals surface area contributed by atoms with Crippen LogP contribution in [0.1, 0.15) is 284 Å². The van der Waals surface area contributed by atoms with Crippen LogP contribution in [0.25, 0.3) is 0 Å². The van der Waals surface area contributed by atoms with Gasteiger partial charge in [0.05, 0.1) is 40.3 Å². The average molecular weight is 1180 g/mol. The molecular formula is C76H129NO8. The van der Waals surface area contributed by atoms with Crippen molar-refractivity contribution in [1.29, 1.82) is 0 Å². The predicted octanol–water partition coefficient (Wildman–Crippen LogP) is 20.2. The molecule has 85 heavy (non-hydrogen) atoms. The van der Waals surface area contributed by atoms with E-state index in [0.29, 0.717) is 17.4 Å². The summed E-state index contributed by atoms with van der Waals surface area (Å²) in [6.07, 6.45) is 89.8. The van der Waals surface area contributed by atoms with Crippen LogP contribution >= 0.6 is 0 Å². The molecule has 0 aromatic rings. The number of carboxylic acids is 1. The van der Waals surface area contributed by atoms with E-state index in [1.807, 2.05) is 21.1 Å². The molecule has 0 fully saturated rings. The van der Waals surface area contributed by atoms with Gasteiger partial charge in [0.25, 0.3) is 0 Å². The lowest BCUT2D eigenvalue weighted by molar-refractivity contribution is -0.870. The number of nitrogens with zero attached hydrogens (tertiary/aromatic N) is 1. The highest BCUT2D eigenvalue weighted by Crippen LogP contribution is 2.17. The highest BCUT2D eigenvalue weighted by atomic mass is 16.7. The maximum absolute atomic E-state index is 12.9. The van der Waals surface area contributed by atoms with Gasteiger partial charge < -0.3 is 33.3 Å². The molecular weight excluding hydrogens is 1050 g/mol. The Morgan fingerprint density at radius 2 is 0.671 bits per heavy atom. The Morgan fingerprint density at radius 3 is 1.00 bits per heavy atom. The van der Waals surface area contributed by atoms with E-state index in [9.17, 15) is 19.5 Å². The van der Waals surface area contributed by atoms with Crippen LogP contribution in [0, 0.1) is 0 Å². The lowest BCUT2D eigenvalue weighted by Gasteiger charge is -2.26. The molecule has 0 spiro atoms. The van der Waals surface area contributed by atoms with E-state index in [1.165, 1.54) is 135 Å². The summed E-state index contributed by atoms with van der Waals surface area (Å²) >= 11 is 0. The van der Waals surface area contributed by atoms with Crippen LogP contribution in [0.3, 0.4) is 0 Å². The molecule has 0 saturated heterocycles. The molecule has 2 atom stereocenters. The summed E-state index contributed by atoms with van der Waals surface area (Å²) in [7, 11) is 5.92. The molecule has 0 aromatic heterocycles. The van der Waals surface area contributed by atoms with Gasteiger partial charge in [-0.05, 0) is 109 Å². The van der Waals surface area contributed by atoms with Crippen molar-refractivity contribution in [2.24, 2.45) is 0 Å². The Labute approximate surface area is 523 Å². The maximum Gasteiger partial charge on any atom is 0.306 e. The molecule has 9 nitrogen and oxygen atoms in total. The second-order valence-electron chi connectivity index (χ2n) is 24.1. The molecule has 486 valence electrons. The third-order valence-corrected chi connectivity index (χ3v) is 14.7. The van der Waals surface area contributed by atoms with E-state index in [4.69, 9.17) is 18.9 Å². The van der Waals surface area contributed by atoms with E-state index < -0.39 is 24.3 Å². The van der Waals surface area contributed by atoms with Crippen molar-refractivity contribution in [3.05, 3.63) is 122 Å². The molecule has 0 aliphatic carbocycles. The fourth-order valence-corrected chi connectivity index (χ4v) is 9.41. The van der Waals surface area contributed by atoms with E-state index in [1.54, 1.807) is 0 Å².